The van der Waals surface area contributed by atoms with Gasteiger partial charge >= 0.3 is 0 Å². The molecule has 0 saturated heterocycles. The molecule has 3 heteroatoms. The van der Waals surface area contributed by atoms with Crippen LogP contribution in [0.25, 0.3) is 33.0 Å². The average Bonchev–Trinajstić information content (AvgIpc) is 3.37. The molecule has 1 fully saturated rings. The van der Waals surface area contributed by atoms with Crippen molar-refractivity contribution in [3.8, 4) is 39.5 Å². The molecular weight excluding hydrogens is 552 g/mol. The van der Waals surface area contributed by atoms with Crippen LogP contribution < -0.4 is 9.47 Å². The maximum Gasteiger partial charge on any atom is 0.127 e. The first-order valence-corrected chi connectivity index (χ1v) is 15.8. The Bertz CT molecular complexity index is 1980. The molecule has 2 aliphatic rings. The van der Waals surface area contributed by atoms with E-state index in [0.717, 1.165) is 59.1 Å². The smallest absolute Gasteiger partial charge is 0.127 e. The highest BCUT2D eigenvalue weighted by atomic mass is 16.5. The summed E-state index contributed by atoms with van der Waals surface area (Å²) in [6, 6.07) is 45.4. The SMILES string of the molecule is COc1ccc(-c2cc3c4c(cc(O)c3cc2OC)C2(CCC(c3ccccc3)(c3ccccc3)CC2)c2ccccc2-4)cc1. The third kappa shape index (κ3) is 4.10. The molecule has 0 atom stereocenters. The van der Waals surface area contributed by atoms with Crippen LogP contribution in [0.5, 0.6) is 17.2 Å². The van der Waals surface area contributed by atoms with Crippen LogP contribution >= 0.6 is 0 Å². The first-order chi connectivity index (χ1) is 22.1. The minimum absolute atomic E-state index is 0.0563. The van der Waals surface area contributed by atoms with Crippen LogP contribution in [0.3, 0.4) is 0 Å². The van der Waals surface area contributed by atoms with Gasteiger partial charge in [0.15, 0.2) is 0 Å². The van der Waals surface area contributed by atoms with Crippen molar-refractivity contribution < 1.29 is 14.6 Å². The molecule has 0 radical (unpaired) electrons. The van der Waals surface area contributed by atoms with E-state index < -0.39 is 0 Å². The summed E-state index contributed by atoms with van der Waals surface area (Å²) < 4.78 is 11.3. The fourth-order valence-electron chi connectivity index (χ4n) is 8.43. The highest BCUT2D eigenvalue weighted by Gasteiger charge is 2.50. The molecule has 0 heterocycles. The van der Waals surface area contributed by atoms with Crippen molar-refractivity contribution in [3.63, 3.8) is 0 Å². The summed E-state index contributed by atoms with van der Waals surface area (Å²) in [4.78, 5) is 0. The minimum atomic E-state index is -0.176. The summed E-state index contributed by atoms with van der Waals surface area (Å²) in [5.41, 5.74) is 9.71. The number of fused-ring (bicyclic) bond motifs is 7. The predicted octanol–water partition coefficient (Wildman–Crippen LogP) is 10.1. The molecule has 6 aromatic carbocycles. The number of aromatic hydroxyl groups is 1. The maximum absolute atomic E-state index is 11.7. The van der Waals surface area contributed by atoms with E-state index in [-0.39, 0.29) is 10.8 Å². The van der Waals surface area contributed by atoms with Crippen molar-refractivity contribution in [2.75, 3.05) is 14.2 Å². The topological polar surface area (TPSA) is 38.7 Å². The van der Waals surface area contributed by atoms with Gasteiger partial charge in [0.25, 0.3) is 0 Å². The largest absolute Gasteiger partial charge is 0.507 e. The Labute approximate surface area is 264 Å². The van der Waals surface area contributed by atoms with Crippen molar-refractivity contribution in [1.29, 1.82) is 0 Å². The van der Waals surface area contributed by atoms with Gasteiger partial charge in [-0.1, -0.05) is 97.1 Å². The summed E-state index contributed by atoms with van der Waals surface area (Å²) in [5.74, 6) is 1.85. The summed E-state index contributed by atoms with van der Waals surface area (Å²) >= 11 is 0. The van der Waals surface area contributed by atoms with Gasteiger partial charge in [-0.2, -0.15) is 0 Å². The lowest BCUT2D eigenvalue weighted by Crippen LogP contribution is -2.40. The van der Waals surface area contributed by atoms with E-state index >= 15 is 0 Å². The lowest BCUT2D eigenvalue weighted by atomic mass is 9.56. The molecule has 8 rings (SSSR count). The number of methoxy groups -OCH3 is 2. The summed E-state index contributed by atoms with van der Waals surface area (Å²) in [5, 5.41) is 13.5. The van der Waals surface area contributed by atoms with Gasteiger partial charge in [0.05, 0.1) is 14.2 Å². The molecule has 0 unspecified atom stereocenters. The second-order valence-electron chi connectivity index (χ2n) is 12.6. The van der Waals surface area contributed by atoms with Crippen LogP contribution in [0.4, 0.5) is 0 Å². The predicted molar refractivity (Wildman–Crippen MR) is 183 cm³/mol. The quantitative estimate of drug-likeness (QED) is 0.218. The Morgan fingerprint density at radius 3 is 1.76 bits per heavy atom. The first-order valence-electron chi connectivity index (χ1n) is 15.8. The molecule has 0 bridgehead atoms. The third-order valence-electron chi connectivity index (χ3n) is 10.7. The van der Waals surface area contributed by atoms with Crippen LogP contribution in [0.1, 0.15) is 47.9 Å². The lowest BCUT2D eigenvalue weighted by Gasteiger charge is -2.47. The van der Waals surface area contributed by atoms with Crippen LogP contribution in [0, 0.1) is 0 Å². The van der Waals surface area contributed by atoms with Gasteiger partial charge in [0.1, 0.15) is 17.2 Å². The van der Waals surface area contributed by atoms with E-state index in [2.05, 4.69) is 109 Å². The highest BCUT2D eigenvalue weighted by molar-refractivity contribution is 6.07. The van der Waals surface area contributed by atoms with Crippen molar-refractivity contribution in [3.05, 3.63) is 150 Å². The van der Waals surface area contributed by atoms with Crippen molar-refractivity contribution in [2.45, 2.75) is 36.5 Å². The van der Waals surface area contributed by atoms with Crippen LogP contribution in [0.2, 0.25) is 0 Å². The number of hydrogen-bond acceptors (Lipinski definition) is 3. The molecule has 45 heavy (non-hydrogen) atoms. The van der Waals surface area contributed by atoms with Gasteiger partial charge in [-0.25, -0.2) is 0 Å². The normalized spacial score (nSPS) is 15.9. The Balaban J connectivity index is 1.32. The summed E-state index contributed by atoms with van der Waals surface area (Å²) in [6.07, 6.45) is 4.03. The zero-order valence-corrected chi connectivity index (χ0v) is 25.7. The zero-order chi connectivity index (χ0) is 30.6. The van der Waals surface area contributed by atoms with Gasteiger partial charge in [-0.05, 0) is 100 Å². The fourth-order valence-corrected chi connectivity index (χ4v) is 8.43. The second-order valence-corrected chi connectivity index (χ2v) is 12.6. The van der Waals surface area contributed by atoms with Gasteiger partial charge in [0.2, 0.25) is 0 Å². The summed E-state index contributed by atoms with van der Waals surface area (Å²) in [6.45, 7) is 0. The molecule has 0 amide bonds. The number of phenols is 1. The zero-order valence-electron chi connectivity index (χ0n) is 25.7. The fraction of sp³-hybridized carbons (Fsp3) is 0.190. The van der Waals surface area contributed by atoms with Gasteiger partial charge in [-0.15, -0.1) is 0 Å². The van der Waals surface area contributed by atoms with Crippen LogP contribution in [0.15, 0.2) is 127 Å². The molecule has 222 valence electrons. The van der Waals surface area contributed by atoms with E-state index in [4.69, 9.17) is 9.47 Å². The molecule has 0 aliphatic heterocycles. The maximum atomic E-state index is 11.7. The van der Waals surface area contributed by atoms with Crippen LogP contribution in [-0.4, -0.2) is 19.3 Å². The van der Waals surface area contributed by atoms with Crippen molar-refractivity contribution in [1.82, 2.24) is 0 Å². The third-order valence-corrected chi connectivity index (χ3v) is 10.7. The Kier molecular flexibility index (Phi) is 6.46. The number of rotatable bonds is 5. The second kappa shape index (κ2) is 10.6. The van der Waals surface area contributed by atoms with E-state index in [1.165, 1.54) is 33.4 Å². The summed E-state index contributed by atoms with van der Waals surface area (Å²) in [7, 11) is 3.37. The molecule has 1 saturated carbocycles. The minimum Gasteiger partial charge on any atom is -0.507 e. The Morgan fingerprint density at radius 2 is 1.13 bits per heavy atom. The van der Waals surface area contributed by atoms with E-state index in [1.807, 2.05) is 18.2 Å². The van der Waals surface area contributed by atoms with Gasteiger partial charge in [-0.3, -0.25) is 0 Å². The monoisotopic (exact) mass is 588 g/mol. The van der Waals surface area contributed by atoms with Gasteiger partial charge in [0, 0.05) is 21.8 Å². The van der Waals surface area contributed by atoms with Crippen molar-refractivity contribution >= 4 is 10.8 Å². The Morgan fingerprint density at radius 1 is 0.533 bits per heavy atom. The van der Waals surface area contributed by atoms with E-state index in [9.17, 15) is 5.11 Å². The molecule has 1 N–H and O–H groups in total. The van der Waals surface area contributed by atoms with Crippen LogP contribution in [-0.2, 0) is 10.8 Å². The van der Waals surface area contributed by atoms with Crippen molar-refractivity contribution in [2.24, 2.45) is 0 Å². The molecule has 0 aromatic heterocycles. The van der Waals surface area contributed by atoms with E-state index in [1.54, 1.807) is 14.2 Å². The van der Waals surface area contributed by atoms with E-state index in [0.29, 0.717) is 5.75 Å². The number of phenolic OH excluding ortho intramolecular Hbond substituents is 1. The van der Waals surface area contributed by atoms with Gasteiger partial charge < -0.3 is 14.6 Å². The molecule has 1 spiro atoms. The number of hydrogen-bond donors (Lipinski definition) is 1. The molecular formula is C42H36O3. The Hall–Kier alpha value is -5.02. The number of benzene rings is 6. The average molecular weight is 589 g/mol. The highest BCUT2D eigenvalue weighted by Crippen LogP contribution is 2.62. The molecule has 6 aromatic rings. The molecule has 3 nitrogen and oxygen atoms in total. The molecule has 2 aliphatic carbocycles. The first kappa shape index (κ1) is 27.5. The standard InChI is InChI=1S/C42H36O3/c1-44-31-19-17-28(18-20-31)33-25-35-34(26-39(33)45-2)38(43)27-37-40(35)32-15-9-10-16-36(32)42(37)23-21-41(22-24-42,29-11-5-3-6-12-29)30-13-7-4-8-14-30/h3-20,25-27,43H,21-24H2,1-2H3. The lowest BCUT2D eigenvalue weighted by molar-refractivity contribution is 0.260. The number of ether oxygens (including phenoxy) is 2.